The molecule has 1 heterocycles. The van der Waals surface area contributed by atoms with Crippen molar-refractivity contribution in [2.45, 2.75) is 26.9 Å². The van der Waals surface area contributed by atoms with Crippen molar-refractivity contribution in [3.63, 3.8) is 0 Å². The predicted octanol–water partition coefficient (Wildman–Crippen LogP) is 3.62. The van der Waals surface area contributed by atoms with Crippen LogP contribution in [0.4, 0.5) is 5.69 Å². The number of aryl methyl sites for hydroxylation is 3. The number of carbonyl (C=O) groups is 1. The van der Waals surface area contributed by atoms with E-state index in [1.165, 1.54) is 0 Å². The van der Waals surface area contributed by atoms with Crippen LogP contribution in [0.25, 0.3) is 10.2 Å². The summed E-state index contributed by atoms with van der Waals surface area (Å²) < 4.78 is 8.24. The fourth-order valence-corrected chi connectivity index (χ4v) is 3.45. The molecular weight excluding hydrogens is 336 g/mol. The molecule has 0 saturated carbocycles. The Morgan fingerprint density at radius 3 is 2.72 bits per heavy atom. The summed E-state index contributed by atoms with van der Waals surface area (Å²) in [5, 5.41) is 2.85. The maximum absolute atomic E-state index is 12.4. The highest BCUT2D eigenvalue weighted by atomic mass is 32.1. The fraction of sp³-hybridized carbons (Fsp3) is 0.263. The number of amides is 1. The molecule has 0 fully saturated rings. The molecule has 0 bridgehead atoms. The van der Waals surface area contributed by atoms with E-state index in [1.54, 1.807) is 24.6 Å². The Hall–Kier alpha value is -2.60. The lowest BCUT2D eigenvalue weighted by Crippen LogP contribution is -2.30. The zero-order valence-corrected chi connectivity index (χ0v) is 15.4. The number of rotatable bonds is 4. The molecule has 1 amide bonds. The average Bonchev–Trinajstić information content (AvgIpc) is 2.85. The molecule has 1 N–H and O–H groups in total. The normalized spacial score (nSPS) is 12.2. The number of ether oxygens (including phenoxy) is 1. The second-order valence-corrected chi connectivity index (χ2v) is 7.12. The number of fused-ring (bicyclic) bond motifs is 1. The van der Waals surface area contributed by atoms with Gasteiger partial charge in [0.2, 0.25) is 0 Å². The molecule has 25 heavy (non-hydrogen) atoms. The number of hydrogen-bond acceptors (Lipinski definition) is 4. The number of nitrogens with zero attached hydrogens (tertiary/aromatic N) is 1. The van der Waals surface area contributed by atoms with Crippen molar-refractivity contribution in [1.29, 1.82) is 0 Å². The molecule has 0 saturated heterocycles. The average molecular weight is 356 g/mol. The van der Waals surface area contributed by atoms with Crippen molar-refractivity contribution >= 4 is 33.1 Å². The third-order valence-corrected chi connectivity index (χ3v) is 5.07. The van der Waals surface area contributed by atoms with E-state index in [4.69, 9.17) is 4.74 Å². The van der Waals surface area contributed by atoms with Crippen LogP contribution in [-0.4, -0.2) is 16.6 Å². The summed E-state index contributed by atoms with van der Waals surface area (Å²) in [7, 11) is 1.74. The summed E-state index contributed by atoms with van der Waals surface area (Å²) in [6.07, 6.45) is -0.634. The van der Waals surface area contributed by atoms with Crippen LogP contribution in [0.15, 0.2) is 41.2 Å². The molecule has 6 heteroatoms. The number of benzene rings is 2. The Morgan fingerprint density at radius 1 is 1.20 bits per heavy atom. The minimum atomic E-state index is -0.634. The zero-order valence-electron chi connectivity index (χ0n) is 14.6. The van der Waals surface area contributed by atoms with Gasteiger partial charge in [-0.2, -0.15) is 0 Å². The number of anilines is 1. The smallest absolute Gasteiger partial charge is 0.307 e. The SMILES string of the molecule is Cc1ccc(C)c(OC(C)C(=O)Nc2ccc3c(c2)sc(=O)n3C)c1. The molecule has 0 spiro atoms. The molecule has 1 aromatic heterocycles. The first-order chi connectivity index (χ1) is 11.8. The van der Waals surface area contributed by atoms with Gasteiger partial charge in [-0.1, -0.05) is 23.5 Å². The third kappa shape index (κ3) is 3.58. The molecule has 0 aliphatic rings. The summed E-state index contributed by atoms with van der Waals surface area (Å²) >= 11 is 1.16. The van der Waals surface area contributed by atoms with Crippen molar-refractivity contribution in [3.8, 4) is 5.75 Å². The van der Waals surface area contributed by atoms with Gasteiger partial charge in [0.05, 0.1) is 10.2 Å². The number of nitrogens with one attached hydrogen (secondary N) is 1. The van der Waals surface area contributed by atoms with Crippen molar-refractivity contribution in [2.75, 3.05) is 5.32 Å². The Labute approximate surface area is 149 Å². The number of thiazole rings is 1. The fourth-order valence-electron chi connectivity index (χ4n) is 2.53. The molecule has 3 rings (SSSR count). The van der Waals surface area contributed by atoms with E-state index in [0.29, 0.717) is 11.4 Å². The first-order valence-electron chi connectivity index (χ1n) is 7.99. The molecule has 3 aromatic rings. The summed E-state index contributed by atoms with van der Waals surface area (Å²) in [5.74, 6) is 0.475. The van der Waals surface area contributed by atoms with Gasteiger partial charge in [0.25, 0.3) is 5.91 Å². The topological polar surface area (TPSA) is 60.3 Å². The Bertz CT molecular complexity index is 1000. The molecule has 130 valence electrons. The minimum Gasteiger partial charge on any atom is -0.481 e. The number of carbonyl (C=O) groups excluding carboxylic acids is 1. The number of aromatic nitrogens is 1. The quantitative estimate of drug-likeness (QED) is 0.777. The van der Waals surface area contributed by atoms with Gasteiger partial charge in [-0.3, -0.25) is 9.59 Å². The number of hydrogen-bond donors (Lipinski definition) is 1. The van der Waals surface area contributed by atoms with Crippen LogP contribution in [0.1, 0.15) is 18.1 Å². The Balaban J connectivity index is 1.75. The van der Waals surface area contributed by atoms with E-state index in [1.807, 2.05) is 44.2 Å². The highest BCUT2D eigenvalue weighted by Gasteiger charge is 2.16. The van der Waals surface area contributed by atoms with Crippen LogP contribution in [0.5, 0.6) is 5.75 Å². The van der Waals surface area contributed by atoms with Crippen molar-refractivity contribution in [1.82, 2.24) is 4.57 Å². The summed E-state index contributed by atoms with van der Waals surface area (Å²) in [4.78, 5) is 24.1. The lowest BCUT2D eigenvalue weighted by molar-refractivity contribution is -0.122. The van der Waals surface area contributed by atoms with Gasteiger partial charge in [-0.05, 0) is 56.2 Å². The van der Waals surface area contributed by atoms with E-state index < -0.39 is 6.10 Å². The van der Waals surface area contributed by atoms with Crippen LogP contribution < -0.4 is 14.9 Å². The summed E-state index contributed by atoms with van der Waals surface area (Å²) in [5.41, 5.74) is 3.57. The molecule has 5 nitrogen and oxygen atoms in total. The van der Waals surface area contributed by atoms with Gasteiger partial charge in [0.15, 0.2) is 6.10 Å². The van der Waals surface area contributed by atoms with E-state index in [-0.39, 0.29) is 10.8 Å². The van der Waals surface area contributed by atoms with Crippen LogP contribution in [-0.2, 0) is 11.8 Å². The molecule has 1 atom stereocenters. The van der Waals surface area contributed by atoms with Crippen LogP contribution in [0.2, 0.25) is 0 Å². The molecule has 1 unspecified atom stereocenters. The van der Waals surface area contributed by atoms with Gasteiger partial charge >= 0.3 is 4.87 Å². The van der Waals surface area contributed by atoms with Crippen LogP contribution in [0.3, 0.4) is 0 Å². The summed E-state index contributed by atoms with van der Waals surface area (Å²) in [6.45, 7) is 5.65. The van der Waals surface area contributed by atoms with Gasteiger partial charge in [0.1, 0.15) is 5.75 Å². The molecule has 2 aromatic carbocycles. The van der Waals surface area contributed by atoms with Gasteiger partial charge in [0, 0.05) is 12.7 Å². The van der Waals surface area contributed by atoms with Crippen LogP contribution >= 0.6 is 11.3 Å². The third-order valence-electron chi connectivity index (χ3n) is 4.08. The van der Waals surface area contributed by atoms with Gasteiger partial charge < -0.3 is 14.6 Å². The standard InChI is InChI=1S/C19H20N2O3S/c1-11-5-6-12(2)16(9-11)24-13(3)18(22)20-14-7-8-15-17(10-14)25-19(23)21(15)4/h5-10,13H,1-4H3,(H,20,22). The lowest BCUT2D eigenvalue weighted by atomic mass is 10.1. The summed E-state index contributed by atoms with van der Waals surface area (Å²) in [6, 6.07) is 11.3. The Kier molecular flexibility index (Phi) is 4.63. The lowest BCUT2D eigenvalue weighted by Gasteiger charge is -2.16. The highest BCUT2D eigenvalue weighted by molar-refractivity contribution is 7.16. The first-order valence-corrected chi connectivity index (χ1v) is 8.81. The monoisotopic (exact) mass is 356 g/mol. The van der Waals surface area contributed by atoms with Crippen LogP contribution in [0, 0.1) is 13.8 Å². The molecular formula is C19H20N2O3S. The second-order valence-electron chi connectivity index (χ2n) is 6.13. The first kappa shape index (κ1) is 17.2. The highest BCUT2D eigenvalue weighted by Crippen LogP contribution is 2.23. The van der Waals surface area contributed by atoms with Gasteiger partial charge in [-0.15, -0.1) is 0 Å². The maximum atomic E-state index is 12.4. The van der Waals surface area contributed by atoms with Crippen molar-refractivity contribution in [2.24, 2.45) is 7.05 Å². The predicted molar refractivity (Wildman–Crippen MR) is 102 cm³/mol. The zero-order chi connectivity index (χ0) is 18.1. The molecule has 0 radical (unpaired) electrons. The molecule has 0 aliphatic carbocycles. The maximum Gasteiger partial charge on any atom is 0.307 e. The van der Waals surface area contributed by atoms with E-state index in [2.05, 4.69) is 5.32 Å². The Morgan fingerprint density at radius 2 is 1.96 bits per heavy atom. The van der Waals surface area contributed by atoms with Crippen molar-refractivity contribution < 1.29 is 9.53 Å². The van der Waals surface area contributed by atoms with Crippen molar-refractivity contribution in [3.05, 3.63) is 57.2 Å². The van der Waals surface area contributed by atoms with E-state index in [0.717, 1.165) is 32.7 Å². The second kappa shape index (κ2) is 6.72. The van der Waals surface area contributed by atoms with E-state index >= 15 is 0 Å². The van der Waals surface area contributed by atoms with E-state index in [9.17, 15) is 9.59 Å². The largest absolute Gasteiger partial charge is 0.481 e. The van der Waals surface area contributed by atoms with Gasteiger partial charge in [-0.25, -0.2) is 0 Å². The minimum absolute atomic E-state index is 0.0231. The molecule has 0 aliphatic heterocycles.